The van der Waals surface area contributed by atoms with Gasteiger partial charge in [-0.25, -0.2) is 9.78 Å². The number of aromatic nitrogens is 1. The van der Waals surface area contributed by atoms with Crippen molar-refractivity contribution >= 4 is 23.3 Å². The highest BCUT2D eigenvalue weighted by Gasteiger charge is 2.44. The van der Waals surface area contributed by atoms with Gasteiger partial charge in [-0.3, -0.25) is 0 Å². The highest BCUT2D eigenvalue weighted by Crippen LogP contribution is 2.45. The number of carbonyl (C=O) groups excluding carboxylic acids is 1. The summed E-state index contributed by atoms with van der Waals surface area (Å²) >= 11 is 5.95. The van der Waals surface area contributed by atoms with Crippen molar-refractivity contribution in [2.45, 2.75) is 12.8 Å². The van der Waals surface area contributed by atoms with E-state index in [-0.39, 0.29) is 11.4 Å². The minimum Gasteiger partial charge on any atom is -0.337 e. The van der Waals surface area contributed by atoms with E-state index in [0.717, 1.165) is 32.7 Å². The van der Waals surface area contributed by atoms with Crippen LogP contribution in [0, 0.1) is 5.41 Å². The Morgan fingerprint density at radius 1 is 1.35 bits per heavy atom. The molecule has 0 radical (unpaired) electrons. The van der Waals surface area contributed by atoms with Crippen LogP contribution in [-0.4, -0.2) is 67.1 Å². The first-order valence-electron chi connectivity index (χ1n) is 8.13. The fourth-order valence-electron chi connectivity index (χ4n) is 2.96. The molecule has 2 aliphatic rings. The van der Waals surface area contributed by atoms with Crippen LogP contribution in [0.5, 0.6) is 0 Å². The van der Waals surface area contributed by atoms with E-state index < -0.39 is 0 Å². The molecule has 1 aromatic rings. The Kier molecular flexibility index (Phi) is 5.04. The highest BCUT2D eigenvalue weighted by molar-refractivity contribution is 6.32. The molecule has 0 atom stereocenters. The molecule has 1 aliphatic heterocycles. The van der Waals surface area contributed by atoms with Gasteiger partial charge in [0, 0.05) is 50.9 Å². The van der Waals surface area contributed by atoms with Crippen molar-refractivity contribution in [2.24, 2.45) is 5.41 Å². The first-order chi connectivity index (χ1) is 11.1. The van der Waals surface area contributed by atoms with Crippen LogP contribution in [0.4, 0.5) is 10.5 Å². The first kappa shape index (κ1) is 16.5. The second-order valence-corrected chi connectivity index (χ2v) is 7.09. The molecular weight excluding hydrogens is 314 g/mol. The molecule has 0 spiro atoms. The van der Waals surface area contributed by atoms with Crippen LogP contribution in [0.1, 0.15) is 12.8 Å². The molecule has 0 aromatic carbocycles. The van der Waals surface area contributed by atoms with Crippen molar-refractivity contribution in [1.29, 1.82) is 0 Å². The standard InChI is InChI=1S/C16H24ClN5O/c1-21-7-9-22(10-8-21)12-16(4-5-16)11-19-15(23)20-13-3-2-6-18-14(13)17/h2-3,6H,4-5,7-12H2,1H3,(H2,19,20,23). The van der Waals surface area contributed by atoms with E-state index in [1.165, 1.54) is 12.8 Å². The van der Waals surface area contributed by atoms with Crippen LogP contribution >= 0.6 is 11.6 Å². The van der Waals surface area contributed by atoms with Gasteiger partial charge in [-0.05, 0) is 32.0 Å². The van der Waals surface area contributed by atoms with Crippen LogP contribution in [0.2, 0.25) is 5.15 Å². The Labute approximate surface area is 142 Å². The predicted octanol–water partition coefficient (Wildman–Crippen LogP) is 1.88. The third kappa shape index (κ3) is 4.56. The Bertz CT molecular complexity index is 555. The van der Waals surface area contributed by atoms with Crippen molar-refractivity contribution in [3.63, 3.8) is 0 Å². The van der Waals surface area contributed by atoms with Crippen LogP contribution in [0.3, 0.4) is 0 Å². The molecule has 2 heterocycles. The summed E-state index contributed by atoms with van der Waals surface area (Å²) in [6, 6.07) is 3.27. The summed E-state index contributed by atoms with van der Waals surface area (Å²) in [5.41, 5.74) is 0.794. The third-order valence-electron chi connectivity index (χ3n) is 4.74. The largest absolute Gasteiger partial charge is 0.337 e. The summed E-state index contributed by atoms with van der Waals surface area (Å²) < 4.78 is 0. The quantitative estimate of drug-likeness (QED) is 0.805. The van der Waals surface area contributed by atoms with Gasteiger partial charge in [0.1, 0.15) is 0 Å². The number of hydrogen-bond donors (Lipinski definition) is 2. The zero-order valence-electron chi connectivity index (χ0n) is 13.5. The average Bonchev–Trinajstić information content (AvgIpc) is 3.30. The van der Waals surface area contributed by atoms with E-state index in [1.807, 2.05) is 0 Å². The summed E-state index contributed by atoms with van der Waals surface area (Å²) in [6.07, 6.45) is 3.97. The second kappa shape index (κ2) is 7.03. The van der Waals surface area contributed by atoms with E-state index in [1.54, 1.807) is 18.3 Å². The van der Waals surface area contributed by atoms with E-state index in [2.05, 4.69) is 32.5 Å². The second-order valence-electron chi connectivity index (χ2n) is 6.73. The topological polar surface area (TPSA) is 60.5 Å². The van der Waals surface area contributed by atoms with Crippen molar-refractivity contribution < 1.29 is 4.79 Å². The summed E-state index contributed by atoms with van der Waals surface area (Å²) in [7, 11) is 2.17. The maximum absolute atomic E-state index is 12.0. The SMILES string of the molecule is CN1CCN(CC2(CNC(=O)Nc3cccnc3Cl)CC2)CC1. The average molecular weight is 338 g/mol. The number of halogens is 1. The van der Waals surface area contributed by atoms with Crippen LogP contribution in [0.25, 0.3) is 0 Å². The Balaban J connectivity index is 1.44. The van der Waals surface area contributed by atoms with Crippen LogP contribution in [0.15, 0.2) is 18.3 Å². The Morgan fingerprint density at radius 3 is 2.74 bits per heavy atom. The molecule has 23 heavy (non-hydrogen) atoms. The van der Waals surface area contributed by atoms with Gasteiger partial charge >= 0.3 is 6.03 Å². The number of pyridine rings is 1. The smallest absolute Gasteiger partial charge is 0.319 e. The molecular formula is C16H24ClN5O. The summed E-state index contributed by atoms with van der Waals surface area (Å²) in [6.45, 7) is 6.29. The maximum Gasteiger partial charge on any atom is 0.319 e. The normalized spacial score (nSPS) is 21.0. The highest BCUT2D eigenvalue weighted by atomic mass is 35.5. The van der Waals surface area contributed by atoms with Crippen molar-refractivity contribution in [1.82, 2.24) is 20.1 Å². The Morgan fingerprint density at radius 2 is 2.09 bits per heavy atom. The molecule has 0 unspecified atom stereocenters. The summed E-state index contributed by atoms with van der Waals surface area (Å²) in [5.74, 6) is 0. The molecule has 1 saturated heterocycles. The van der Waals surface area contributed by atoms with Crippen LogP contribution < -0.4 is 10.6 Å². The zero-order valence-corrected chi connectivity index (χ0v) is 14.3. The fourth-order valence-corrected chi connectivity index (χ4v) is 3.13. The first-order valence-corrected chi connectivity index (χ1v) is 8.50. The molecule has 2 fully saturated rings. The zero-order chi connectivity index (χ0) is 16.3. The lowest BCUT2D eigenvalue weighted by Crippen LogP contribution is -2.48. The molecule has 1 saturated carbocycles. The molecule has 1 aliphatic carbocycles. The number of anilines is 1. The number of likely N-dealkylation sites (N-methyl/N-ethyl adjacent to an activating group) is 1. The van der Waals surface area contributed by atoms with Gasteiger partial charge in [0.25, 0.3) is 0 Å². The summed E-state index contributed by atoms with van der Waals surface area (Å²) in [5, 5.41) is 6.05. The lowest BCUT2D eigenvalue weighted by atomic mass is 10.1. The third-order valence-corrected chi connectivity index (χ3v) is 5.04. The van der Waals surface area contributed by atoms with E-state index >= 15 is 0 Å². The van der Waals surface area contributed by atoms with Gasteiger partial charge in [-0.2, -0.15) is 0 Å². The molecule has 126 valence electrons. The molecule has 0 bridgehead atoms. The van der Waals surface area contributed by atoms with E-state index in [4.69, 9.17) is 11.6 Å². The van der Waals surface area contributed by atoms with Gasteiger partial charge in [0.2, 0.25) is 0 Å². The Hall–Kier alpha value is -1.37. The van der Waals surface area contributed by atoms with E-state index in [0.29, 0.717) is 17.4 Å². The minimum atomic E-state index is -0.218. The van der Waals surface area contributed by atoms with E-state index in [9.17, 15) is 4.79 Å². The van der Waals surface area contributed by atoms with Gasteiger partial charge < -0.3 is 20.4 Å². The molecule has 1 aromatic heterocycles. The number of amides is 2. The van der Waals surface area contributed by atoms with Gasteiger partial charge in [-0.1, -0.05) is 11.6 Å². The molecule has 3 rings (SSSR count). The van der Waals surface area contributed by atoms with Crippen molar-refractivity contribution in [3.8, 4) is 0 Å². The van der Waals surface area contributed by atoms with Crippen molar-refractivity contribution in [3.05, 3.63) is 23.5 Å². The number of piperazine rings is 1. The number of nitrogens with one attached hydrogen (secondary N) is 2. The number of urea groups is 1. The molecule has 7 heteroatoms. The lowest BCUT2D eigenvalue weighted by Gasteiger charge is -2.34. The van der Waals surface area contributed by atoms with Gasteiger partial charge in [0.05, 0.1) is 5.69 Å². The molecule has 6 nitrogen and oxygen atoms in total. The minimum absolute atomic E-state index is 0.218. The fraction of sp³-hybridized carbons (Fsp3) is 0.625. The number of carbonyl (C=O) groups is 1. The van der Waals surface area contributed by atoms with Crippen molar-refractivity contribution in [2.75, 3.05) is 51.6 Å². The number of rotatable bonds is 5. The molecule has 2 amide bonds. The lowest BCUT2D eigenvalue weighted by molar-refractivity contribution is 0.130. The maximum atomic E-state index is 12.0. The number of nitrogens with zero attached hydrogens (tertiary/aromatic N) is 3. The van der Waals surface area contributed by atoms with Gasteiger partial charge in [0.15, 0.2) is 5.15 Å². The number of hydrogen-bond acceptors (Lipinski definition) is 4. The monoisotopic (exact) mass is 337 g/mol. The molecule has 2 N–H and O–H groups in total. The van der Waals surface area contributed by atoms with Gasteiger partial charge in [-0.15, -0.1) is 0 Å². The van der Waals surface area contributed by atoms with Crippen LogP contribution in [-0.2, 0) is 0 Å². The predicted molar refractivity (Wildman–Crippen MR) is 91.9 cm³/mol. The summed E-state index contributed by atoms with van der Waals surface area (Å²) in [4.78, 5) is 20.9.